The second kappa shape index (κ2) is 3.46. The lowest BCUT2D eigenvalue weighted by Crippen LogP contribution is -2.15. The summed E-state index contributed by atoms with van der Waals surface area (Å²) in [4.78, 5) is 0. The van der Waals surface area contributed by atoms with E-state index in [9.17, 15) is 0 Å². The molecule has 3 rings (SSSR count). The summed E-state index contributed by atoms with van der Waals surface area (Å²) in [7, 11) is 0. The van der Waals surface area contributed by atoms with E-state index in [1.54, 1.807) is 0 Å². The van der Waals surface area contributed by atoms with E-state index >= 15 is 0 Å². The van der Waals surface area contributed by atoms with E-state index in [4.69, 9.17) is 0 Å². The van der Waals surface area contributed by atoms with Crippen LogP contribution >= 0.6 is 0 Å². The monoisotopic (exact) mass is 222 g/mol. The van der Waals surface area contributed by atoms with Gasteiger partial charge in [-0.15, -0.1) is 0 Å². The topological polar surface area (TPSA) is 0 Å². The second-order valence-corrected chi connectivity index (χ2v) is 5.53. The van der Waals surface area contributed by atoms with Crippen LogP contribution in [0.5, 0.6) is 0 Å². The largest absolute Gasteiger partial charge is 0.0778 e. The van der Waals surface area contributed by atoms with E-state index in [0.717, 1.165) is 6.42 Å². The molecule has 0 saturated carbocycles. The van der Waals surface area contributed by atoms with Crippen LogP contribution in [0.2, 0.25) is 0 Å². The fraction of sp³-hybridized carbons (Fsp3) is 0.294. The number of hydrogen-bond acceptors (Lipinski definition) is 0. The number of allylic oxidation sites excluding steroid dienone is 6. The summed E-state index contributed by atoms with van der Waals surface area (Å²) >= 11 is 0. The van der Waals surface area contributed by atoms with Gasteiger partial charge in [0.2, 0.25) is 0 Å². The van der Waals surface area contributed by atoms with Crippen molar-refractivity contribution in [3.63, 3.8) is 0 Å². The van der Waals surface area contributed by atoms with Crippen molar-refractivity contribution >= 4 is 5.57 Å². The highest BCUT2D eigenvalue weighted by Gasteiger charge is 2.37. The van der Waals surface area contributed by atoms with Crippen LogP contribution in [0.4, 0.5) is 0 Å². The minimum absolute atomic E-state index is 0.141. The van der Waals surface area contributed by atoms with Crippen LogP contribution in [0.15, 0.2) is 53.6 Å². The molecular formula is C17H18. The van der Waals surface area contributed by atoms with Gasteiger partial charge in [-0.05, 0) is 35.6 Å². The van der Waals surface area contributed by atoms with Gasteiger partial charge in [0.05, 0.1) is 0 Å². The Balaban J connectivity index is 2.30. The van der Waals surface area contributed by atoms with Crippen LogP contribution in [0.1, 0.15) is 38.3 Å². The molecule has 0 N–H and O–H groups in total. The van der Waals surface area contributed by atoms with Crippen molar-refractivity contribution < 1.29 is 0 Å². The van der Waals surface area contributed by atoms with Gasteiger partial charge in [0, 0.05) is 5.41 Å². The maximum absolute atomic E-state index is 2.37. The van der Waals surface area contributed by atoms with Crippen LogP contribution in [0.25, 0.3) is 5.57 Å². The third-order valence-corrected chi connectivity index (χ3v) is 3.99. The van der Waals surface area contributed by atoms with Gasteiger partial charge in [-0.25, -0.2) is 0 Å². The van der Waals surface area contributed by atoms with E-state index in [-0.39, 0.29) is 5.41 Å². The van der Waals surface area contributed by atoms with Gasteiger partial charge in [0.15, 0.2) is 0 Å². The molecule has 2 aliphatic carbocycles. The summed E-state index contributed by atoms with van der Waals surface area (Å²) < 4.78 is 0. The van der Waals surface area contributed by atoms with E-state index in [2.05, 4.69) is 63.3 Å². The third-order valence-electron chi connectivity index (χ3n) is 3.99. The van der Waals surface area contributed by atoms with Crippen LogP contribution in [-0.2, 0) is 5.41 Å². The summed E-state index contributed by atoms with van der Waals surface area (Å²) in [6.07, 6.45) is 8.08. The first kappa shape index (κ1) is 10.6. The standard InChI is InChI=1S/C17H18/c1-12-7-6-9-14-13-8-4-5-10-15(13)17(2,3)16(14)11-12/h4-5,7-11H,6H2,1-3H3. The molecule has 0 amide bonds. The van der Waals surface area contributed by atoms with Gasteiger partial charge in [-0.2, -0.15) is 0 Å². The number of rotatable bonds is 0. The number of hydrogen-bond donors (Lipinski definition) is 0. The molecule has 0 atom stereocenters. The maximum Gasteiger partial charge on any atom is 0.0158 e. The molecular weight excluding hydrogens is 204 g/mol. The maximum atomic E-state index is 2.37. The van der Waals surface area contributed by atoms with Gasteiger partial charge in [0.25, 0.3) is 0 Å². The van der Waals surface area contributed by atoms with E-state index in [1.807, 2.05) is 0 Å². The summed E-state index contributed by atoms with van der Waals surface area (Å²) in [5, 5.41) is 0. The molecule has 1 aromatic carbocycles. The molecule has 0 fully saturated rings. The molecule has 17 heavy (non-hydrogen) atoms. The fourth-order valence-electron chi connectivity index (χ4n) is 3.02. The zero-order valence-electron chi connectivity index (χ0n) is 10.7. The van der Waals surface area contributed by atoms with E-state index in [0.29, 0.717) is 0 Å². The Hall–Kier alpha value is -1.56. The van der Waals surface area contributed by atoms with Gasteiger partial charge >= 0.3 is 0 Å². The quantitative estimate of drug-likeness (QED) is 0.600. The molecule has 0 heterocycles. The molecule has 0 saturated heterocycles. The lowest BCUT2D eigenvalue weighted by Gasteiger charge is -2.22. The molecule has 2 aliphatic rings. The van der Waals surface area contributed by atoms with E-state index in [1.165, 1.54) is 27.8 Å². The Labute approximate surface area is 103 Å². The molecule has 0 unspecified atom stereocenters. The van der Waals surface area contributed by atoms with Crippen LogP contribution in [-0.4, -0.2) is 0 Å². The summed E-state index contributed by atoms with van der Waals surface area (Å²) in [6, 6.07) is 8.81. The predicted molar refractivity (Wildman–Crippen MR) is 73.9 cm³/mol. The van der Waals surface area contributed by atoms with Gasteiger partial charge < -0.3 is 0 Å². The summed E-state index contributed by atoms with van der Waals surface area (Å²) in [6.45, 7) is 6.86. The Kier molecular flexibility index (Phi) is 2.16. The van der Waals surface area contributed by atoms with Crippen molar-refractivity contribution in [1.29, 1.82) is 0 Å². The highest BCUT2D eigenvalue weighted by molar-refractivity contribution is 5.90. The molecule has 0 radical (unpaired) electrons. The Morgan fingerprint density at radius 3 is 2.65 bits per heavy atom. The first-order valence-electron chi connectivity index (χ1n) is 6.30. The summed E-state index contributed by atoms with van der Waals surface area (Å²) in [5.41, 5.74) is 7.33. The smallest absolute Gasteiger partial charge is 0.0158 e. The third kappa shape index (κ3) is 1.44. The molecule has 0 bridgehead atoms. The normalized spacial score (nSPS) is 20.8. The second-order valence-electron chi connectivity index (χ2n) is 5.53. The van der Waals surface area contributed by atoms with Crippen molar-refractivity contribution in [3.05, 3.63) is 64.8 Å². The van der Waals surface area contributed by atoms with Crippen LogP contribution in [0.3, 0.4) is 0 Å². The first-order chi connectivity index (χ1) is 8.10. The van der Waals surface area contributed by atoms with E-state index < -0.39 is 0 Å². The zero-order valence-corrected chi connectivity index (χ0v) is 10.7. The van der Waals surface area contributed by atoms with Crippen molar-refractivity contribution in [3.8, 4) is 0 Å². The van der Waals surface area contributed by atoms with Gasteiger partial charge in [0.1, 0.15) is 0 Å². The van der Waals surface area contributed by atoms with Crippen LogP contribution < -0.4 is 0 Å². The number of benzene rings is 1. The fourth-order valence-corrected chi connectivity index (χ4v) is 3.02. The highest BCUT2D eigenvalue weighted by atomic mass is 14.4. The van der Waals surface area contributed by atoms with Crippen molar-refractivity contribution in [2.45, 2.75) is 32.6 Å². The summed E-state index contributed by atoms with van der Waals surface area (Å²) in [5.74, 6) is 0. The SMILES string of the molecule is CC1=CCC=C2C(=C1)C(C)(C)c1ccccc12. The van der Waals surface area contributed by atoms with Crippen LogP contribution in [0, 0.1) is 0 Å². The lowest BCUT2D eigenvalue weighted by molar-refractivity contribution is 0.660. The Morgan fingerprint density at radius 1 is 1.06 bits per heavy atom. The minimum Gasteiger partial charge on any atom is -0.0778 e. The van der Waals surface area contributed by atoms with Crippen molar-refractivity contribution in [2.24, 2.45) is 0 Å². The molecule has 0 aliphatic heterocycles. The minimum atomic E-state index is 0.141. The molecule has 1 aromatic rings. The molecule has 0 heteroatoms. The lowest BCUT2D eigenvalue weighted by atomic mass is 9.81. The molecule has 0 nitrogen and oxygen atoms in total. The molecule has 86 valence electrons. The van der Waals surface area contributed by atoms with Crippen molar-refractivity contribution in [2.75, 3.05) is 0 Å². The average Bonchev–Trinajstić information content (AvgIpc) is 2.45. The zero-order chi connectivity index (χ0) is 12.0. The van der Waals surface area contributed by atoms with Crippen molar-refractivity contribution in [1.82, 2.24) is 0 Å². The predicted octanol–water partition coefficient (Wildman–Crippen LogP) is 4.64. The molecule has 0 aromatic heterocycles. The first-order valence-corrected chi connectivity index (χ1v) is 6.30. The number of fused-ring (bicyclic) bond motifs is 3. The highest BCUT2D eigenvalue weighted by Crippen LogP contribution is 2.50. The Bertz CT molecular complexity index is 565. The average molecular weight is 222 g/mol. The molecule has 0 spiro atoms. The van der Waals surface area contributed by atoms with Gasteiger partial charge in [-0.3, -0.25) is 0 Å². The Morgan fingerprint density at radius 2 is 1.82 bits per heavy atom. The van der Waals surface area contributed by atoms with Gasteiger partial charge in [-0.1, -0.05) is 61.9 Å².